The highest BCUT2D eigenvalue weighted by Gasteiger charge is 2.59. The number of para-hydroxylation sites is 1. The molecule has 4 unspecified atom stereocenters. The van der Waals surface area contributed by atoms with Gasteiger partial charge in [0.25, 0.3) is 0 Å². The van der Waals surface area contributed by atoms with Crippen molar-refractivity contribution < 1.29 is 18.8 Å². The molecule has 0 radical (unpaired) electrons. The molecule has 1 saturated carbocycles. The molecule has 29 heavy (non-hydrogen) atoms. The first kappa shape index (κ1) is 18.2. The highest BCUT2D eigenvalue weighted by Crippen LogP contribution is 2.52. The van der Waals surface area contributed by atoms with Gasteiger partial charge >= 0.3 is 0 Å². The third-order valence-electron chi connectivity index (χ3n) is 6.78. The Labute approximate surface area is 169 Å². The maximum absolute atomic E-state index is 12.9. The van der Waals surface area contributed by atoms with Crippen LogP contribution in [0.2, 0.25) is 0 Å². The fourth-order valence-electron chi connectivity index (χ4n) is 5.31. The third kappa shape index (κ3) is 2.65. The summed E-state index contributed by atoms with van der Waals surface area (Å²) in [7, 11) is 1.71. The average molecular weight is 392 g/mol. The van der Waals surface area contributed by atoms with Crippen molar-refractivity contribution in [2.24, 2.45) is 23.7 Å². The highest BCUT2D eigenvalue weighted by atomic mass is 16.3. The van der Waals surface area contributed by atoms with Crippen molar-refractivity contribution in [2.45, 2.75) is 26.3 Å². The number of amides is 3. The largest absolute Gasteiger partial charge is 0.461 e. The number of allylic oxidation sites excluding steroid dienone is 2. The van der Waals surface area contributed by atoms with E-state index in [1.165, 1.54) is 4.90 Å². The molecule has 3 amide bonds. The maximum atomic E-state index is 12.9. The third-order valence-corrected chi connectivity index (χ3v) is 6.78. The summed E-state index contributed by atoms with van der Waals surface area (Å²) >= 11 is 0. The molecule has 0 spiro atoms. The molecule has 1 aliphatic heterocycles. The Morgan fingerprint density at radius 2 is 1.79 bits per heavy atom. The Balaban J connectivity index is 1.32. The van der Waals surface area contributed by atoms with Crippen LogP contribution >= 0.6 is 0 Å². The number of benzene rings is 1. The van der Waals surface area contributed by atoms with Gasteiger partial charge in [-0.25, -0.2) is 0 Å². The second-order valence-electron chi connectivity index (χ2n) is 8.37. The van der Waals surface area contributed by atoms with Crippen LogP contribution in [0.25, 0.3) is 11.0 Å². The molecule has 2 fully saturated rings. The lowest BCUT2D eigenvalue weighted by molar-refractivity contribution is -0.146. The number of furan rings is 1. The number of likely N-dealkylation sites (tertiary alicyclic amines) is 1. The number of nitrogens with zero attached hydrogens (tertiary/aromatic N) is 2. The number of fused-ring (bicyclic) bond motifs is 6. The van der Waals surface area contributed by atoms with Gasteiger partial charge in [-0.15, -0.1) is 0 Å². The number of hydrogen-bond acceptors (Lipinski definition) is 4. The zero-order chi connectivity index (χ0) is 20.3. The van der Waals surface area contributed by atoms with E-state index in [1.807, 2.05) is 31.2 Å². The number of imide groups is 1. The van der Waals surface area contributed by atoms with E-state index in [-0.39, 0.29) is 47.9 Å². The lowest BCUT2D eigenvalue weighted by Gasteiger charge is -2.22. The summed E-state index contributed by atoms with van der Waals surface area (Å²) in [6.45, 7) is 2.22. The number of carbonyl (C=O) groups excluding carboxylic acids is 3. The minimum atomic E-state index is -0.264. The van der Waals surface area contributed by atoms with Crippen molar-refractivity contribution in [1.29, 1.82) is 0 Å². The van der Waals surface area contributed by atoms with Crippen molar-refractivity contribution in [3.8, 4) is 0 Å². The van der Waals surface area contributed by atoms with E-state index in [0.29, 0.717) is 6.54 Å². The second kappa shape index (κ2) is 6.58. The molecule has 3 aliphatic rings. The summed E-state index contributed by atoms with van der Waals surface area (Å²) in [5.74, 6) is 0.0477. The molecule has 4 atom stereocenters. The van der Waals surface area contributed by atoms with Crippen molar-refractivity contribution >= 4 is 28.7 Å². The van der Waals surface area contributed by atoms with Crippen LogP contribution in [0.1, 0.15) is 24.7 Å². The van der Waals surface area contributed by atoms with Crippen LogP contribution in [0.3, 0.4) is 0 Å². The molecule has 6 heteroatoms. The minimum absolute atomic E-state index is 0.156. The Morgan fingerprint density at radius 1 is 1.14 bits per heavy atom. The Kier molecular flexibility index (Phi) is 4.12. The van der Waals surface area contributed by atoms with Gasteiger partial charge in [0.05, 0.1) is 11.8 Å². The van der Waals surface area contributed by atoms with E-state index in [0.717, 1.165) is 35.1 Å². The van der Waals surface area contributed by atoms with Crippen LogP contribution in [-0.4, -0.2) is 41.1 Å². The molecule has 2 bridgehead atoms. The van der Waals surface area contributed by atoms with Gasteiger partial charge in [-0.3, -0.25) is 19.3 Å². The summed E-state index contributed by atoms with van der Waals surface area (Å²) in [5.41, 5.74) is 1.79. The van der Waals surface area contributed by atoms with Crippen molar-refractivity contribution in [3.05, 3.63) is 47.7 Å². The molecule has 1 aromatic carbocycles. The predicted molar refractivity (Wildman–Crippen MR) is 107 cm³/mol. The fourth-order valence-corrected chi connectivity index (χ4v) is 5.31. The first-order valence-corrected chi connectivity index (χ1v) is 10.3. The number of carbonyl (C=O) groups is 3. The number of rotatable bonds is 5. The Hall–Kier alpha value is -2.89. The SMILES string of the molecule is CCc1oc2ccccc2c1CN(C)C(=O)CN1C(=O)C2C3C=CC(C3)C2C1=O. The number of aryl methyl sites for hydroxylation is 1. The molecule has 150 valence electrons. The molecule has 2 aromatic rings. The molecule has 1 saturated heterocycles. The number of hydrogen-bond donors (Lipinski definition) is 0. The molecule has 1 aromatic heterocycles. The van der Waals surface area contributed by atoms with Crippen molar-refractivity contribution in [2.75, 3.05) is 13.6 Å². The van der Waals surface area contributed by atoms with Crippen LogP contribution in [0.15, 0.2) is 40.8 Å². The van der Waals surface area contributed by atoms with Crippen LogP contribution in [0, 0.1) is 23.7 Å². The summed E-state index contributed by atoms with van der Waals surface area (Å²) in [6, 6.07) is 7.78. The molecule has 2 aliphatic carbocycles. The van der Waals surface area contributed by atoms with Crippen LogP contribution < -0.4 is 0 Å². The van der Waals surface area contributed by atoms with Gasteiger partial charge < -0.3 is 9.32 Å². The quantitative estimate of drug-likeness (QED) is 0.580. The van der Waals surface area contributed by atoms with Crippen LogP contribution in [0.4, 0.5) is 0 Å². The molecule has 0 N–H and O–H groups in total. The predicted octanol–water partition coefficient (Wildman–Crippen LogP) is 2.76. The smallest absolute Gasteiger partial charge is 0.242 e. The van der Waals surface area contributed by atoms with E-state index in [1.54, 1.807) is 11.9 Å². The minimum Gasteiger partial charge on any atom is -0.461 e. The van der Waals surface area contributed by atoms with Gasteiger partial charge in [0.15, 0.2) is 0 Å². The van der Waals surface area contributed by atoms with Gasteiger partial charge in [-0.05, 0) is 24.3 Å². The summed E-state index contributed by atoms with van der Waals surface area (Å²) in [4.78, 5) is 41.3. The van der Waals surface area contributed by atoms with E-state index >= 15 is 0 Å². The topological polar surface area (TPSA) is 70.8 Å². The maximum Gasteiger partial charge on any atom is 0.242 e. The van der Waals surface area contributed by atoms with E-state index in [4.69, 9.17) is 4.42 Å². The number of likely N-dealkylation sites (N-methyl/N-ethyl adjacent to an activating group) is 1. The summed E-state index contributed by atoms with van der Waals surface area (Å²) in [6.07, 6.45) is 5.74. The standard InChI is InChI=1S/C23H24N2O4/c1-3-17-16(15-6-4-5-7-18(15)29-17)11-24(2)19(26)12-25-22(27)20-13-8-9-14(10-13)21(20)23(25)28/h4-9,13-14,20-21H,3,10-12H2,1-2H3. The van der Waals surface area contributed by atoms with Gasteiger partial charge in [0, 0.05) is 31.0 Å². The normalized spacial score (nSPS) is 27.3. The fraction of sp³-hybridized carbons (Fsp3) is 0.435. The van der Waals surface area contributed by atoms with Gasteiger partial charge in [-0.2, -0.15) is 0 Å². The second-order valence-corrected chi connectivity index (χ2v) is 8.37. The van der Waals surface area contributed by atoms with Crippen molar-refractivity contribution in [3.63, 3.8) is 0 Å². The van der Waals surface area contributed by atoms with E-state index < -0.39 is 0 Å². The average Bonchev–Trinajstić information content (AvgIpc) is 3.47. The lowest BCUT2D eigenvalue weighted by atomic mass is 9.85. The zero-order valence-corrected chi connectivity index (χ0v) is 16.6. The van der Waals surface area contributed by atoms with Crippen molar-refractivity contribution in [1.82, 2.24) is 9.80 Å². The van der Waals surface area contributed by atoms with Gasteiger partial charge in [0.2, 0.25) is 17.7 Å². The van der Waals surface area contributed by atoms with Crippen LogP contribution in [-0.2, 0) is 27.3 Å². The first-order valence-electron chi connectivity index (χ1n) is 10.3. The highest BCUT2D eigenvalue weighted by molar-refractivity contribution is 6.08. The van der Waals surface area contributed by atoms with Crippen LogP contribution in [0.5, 0.6) is 0 Å². The van der Waals surface area contributed by atoms with Gasteiger partial charge in [0.1, 0.15) is 17.9 Å². The first-order chi connectivity index (χ1) is 14.0. The van der Waals surface area contributed by atoms with E-state index in [9.17, 15) is 14.4 Å². The van der Waals surface area contributed by atoms with E-state index in [2.05, 4.69) is 12.2 Å². The zero-order valence-electron chi connectivity index (χ0n) is 16.6. The Morgan fingerprint density at radius 3 is 2.45 bits per heavy atom. The molecule has 2 heterocycles. The monoisotopic (exact) mass is 392 g/mol. The Bertz CT molecular complexity index is 1020. The summed E-state index contributed by atoms with van der Waals surface area (Å²) in [5, 5.41) is 0.995. The molecular weight excluding hydrogens is 368 g/mol. The lowest BCUT2D eigenvalue weighted by Crippen LogP contribution is -2.42. The summed E-state index contributed by atoms with van der Waals surface area (Å²) < 4.78 is 5.91. The molecule has 5 rings (SSSR count). The molecule has 6 nitrogen and oxygen atoms in total. The van der Waals surface area contributed by atoms with Gasteiger partial charge in [-0.1, -0.05) is 37.3 Å². The molecular formula is C23H24N2O4.